The number of hydrogen-bond acceptors (Lipinski definition) is 3. The Morgan fingerprint density at radius 3 is 2.55 bits per heavy atom. The fraction of sp³-hybridized carbons (Fsp3) is 0.417. The minimum atomic E-state index is -0.0998. The molecule has 0 spiro atoms. The molecule has 1 heterocycles. The van der Waals surface area contributed by atoms with Crippen molar-refractivity contribution in [3.8, 4) is 0 Å². The van der Waals surface area contributed by atoms with Gasteiger partial charge >= 0.3 is 0 Å². The Morgan fingerprint density at radius 1 is 1.10 bits per heavy atom. The first kappa shape index (κ1) is 21.1. The average Bonchev–Trinajstić information content (AvgIpc) is 2.75. The lowest BCUT2D eigenvalue weighted by atomic mass is 9.85. The Hall–Kier alpha value is -2.66. The van der Waals surface area contributed by atoms with E-state index in [1.807, 2.05) is 18.2 Å². The summed E-state index contributed by atoms with van der Waals surface area (Å²) in [5.41, 5.74) is 2.52. The van der Waals surface area contributed by atoms with Crippen molar-refractivity contribution >= 4 is 17.5 Å². The molecule has 2 atom stereocenters. The average molecular weight is 394 g/mol. The number of piperidine rings is 1. The second-order valence-corrected chi connectivity index (χ2v) is 7.90. The molecule has 0 bridgehead atoms. The normalized spacial score (nSPS) is 17.3. The van der Waals surface area contributed by atoms with Gasteiger partial charge in [0.15, 0.2) is 0 Å². The minimum Gasteiger partial charge on any atom is -0.352 e. The molecule has 1 fully saturated rings. The minimum absolute atomic E-state index is 0.0307. The number of benzene rings is 2. The molecule has 5 heteroatoms. The lowest BCUT2D eigenvalue weighted by molar-refractivity contribution is -0.117. The van der Waals surface area contributed by atoms with E-state index >= 15 is 0 Å². The first-order chi connectivity index (χ1) is 14.1. The molecule has 3 rings (SSSR count). The number of rotatable bonds is 8. The lowest BCUT2D eigenvalue weighted by Gasteiger charge is -2.28. The van der Waals surface area contributed by atoms with Crippen molar-refractivity contribution in [1.82, 2.24) is 10.6 Å². The van der Waals surface area contributed by atoms with E-state index in [9.17, 15) is 9.59 Å². The predicted molar refractivity (Wildman–Crippen MR) is 117 cm³/mol. The highest BCUT2D eigenvalue weighted by atomic mass is 16.2. The summed E-state index contributed by atoms with van der Waals surface area (Å²) in [4.78, 5) is 24.6. The van der Waals surface area contributed by atoms with Crippen LogP contribution in [0.4, 0.5) is 5.69 Å². The zero-order valence-corrected chi connectivity index (χ0v) is 17.1. The van der Waals surface area contributed by atoms with Crippen LogP contribution >= 0.6 is 0 Å². The second-order valence-electron chi connectivity index (χ2n) is 7.90. The van der Waals surface area contributed by atoms with Crippen molar-refractivity contribution in [2.45, 2.75) is 32.6 Å². The second kappa shape index (κ2) is 10.8. The third-order valence-electron chi connectivity index (χ3n) is 5.62. The predicted octanol–water partition coefficient (Wildman–Crippen LogP) is 3.62. The Bertz CT molecular complexity index is 784. The molecule has 0 saturated carbocycles. The van der Waals surface area contributed by atoms with E-state index in [0.29, 0.717) is 30.4 Å². The zero-order chi connectivity index (χ0) is 20.5. The molecule has 1 saturated heterocycles. The molecular formula is C24H31N3O2. The van der Waals surface area contributed by atoms with Crippen molar-refractivity contribution < 1.29 is 9.59 Å². The monoisotopic (exact) mass is 393 g/mol. The van der Waals surface area contributed by atoms with Gasteiger partial charge < -0.3 is 16.0 Å². The summed E-state index contributed by atoms with van der Waals surface area (Å²) in [6.07, 6.45) is 3.70. The third kappa shape index (κ3) is 6.71. The summed E-state index contributed by atoms with van der Waals surface area (Å²) in [6.45, 7) is 4.83. The Balaban J connectivity index is 1.42. The quantitative estimate of drug-likeness (QED) is 0.641. The Kier molecular flexibility index (Phi) is 7.82. The van der Waals surface area contributed by atoms with Gasteiger partial charge in [-0.1, -0.05) is 37.3 Å². The van der Waals surface area contributed by atoms with E-state index in [1.54, 1.807) is 24.3 Å². The maximum Gasteiger partial charge on any atom is 0.251 e. The molecule has 0 aliphatic carbocycles. The smallest absolute Gasteiger partial charge is 0.251 e. The van der Waals surface area contributed by atoms with Crippen molar-refractivity contribution in [1.29, 1.82) is 0 Å². The number of hydrogen-bond donors (Lipinski definition) is 3. The van der Waals surface area contributed by atoms with Crippen LogP contribution in [0.2, 0.25) is 0 Å². The van der Waals surface area contributed by atoms with Crippen molar-refractivity contribution in [2.24, 2.45) is 11.8 Å². The van der Waals surface area contributed by atoms with E-state index in [4.69, 9.17) is 0 Å². The number of amides is 2. The Labute approximate surface area is 173 Å². The van der Waals surface area contributed by atoms with Crippen molar-refractivity contribution in [3.63, 3.8) is 0 Å². The van der Waals surface area contributed by atoms with Crippen LogP contribution in [0.1, 0.15) is 42.1 Å². The highest BCUT2D eigenvalue weighted by Crippen LogP contribution is 2.23. The fourth-order valence-electron chi connectivity index (χ4n) is 3.81. The van der Waals surface area contributed by atoms with Gasteiger partial charge in [0.05, 0.1) is 0 Å². The molecule has 29 heavy (non-hydrogen) atoms. The molecule has 2 aromatic carbocycles. The van der Waals surface area contributed by atoms with Crippen LogP contribution in [0, 0.1) is 11.8 Å². The van der Waals surface area contributed by atoms with E-state index in [-0.39, 0.29) is 11.8 Å². The summed E-state index contributed by atoms with van der Waals surface area (Å²) >= 11 is 0. The first-order valence-corrected chi connectivity index (χ1v) is 10.5. The maximum absolute atomic E-state index is 12.3. The zero-order valence-electron chi connectivity index (χ0n) is 17.1. The summed E-state index contributed by atoms with van der Waals surface area (Å²) in [5.74, 6) is 0.856. The van der Waals surface area contributed by atoms with E-state index in [0.717, 1.165) is 25.2 Å². The lowest BCUT2D eigenvalue weighted by Crippen LogP contribution is -2.34. The Morgan fingerprint density at radius 2 is 1.86 bits per heavy atom. The van der Waals surface area contributed by atoms with Gasteiger partial charge in [-0.05, 0) is 74.0 Å². The van der Waals surface area contributed by atoms with Gasteiger partial charge in [-0.2, -0.15) is 0 Å². The molecule has 2 aromatic rings. The van der Waals surface area contributed by atoms with Gasteiger partial charge in [-0.25, -0.2) is 0 Å². The van der Waals surface area contributed by atoms with Crippen LogP contribution in [0.15, 0.2) is 54.6 Å². The topological polar surface area (TPSA) is 70.2 Å². The van der Waals surface area contributed by atoms with Crippen LogP contribution in [-0.2, 0) is 11.2 Å². The van der Waals surface area contributed by atoms with Gasteiger partial charge in [0, 0.05) is 24.2 Å². The molecule has 0 aromatic heterocycles. The van der Waals surface area contributed by atoms with Crippen molar-refractivity contribution in [3.05, 3.63) is 65.7 Å². The summed E-state index contributed by atoms with van der Waals surface area (Å²) < 4.78 is 0. The van der Waals surface area contributed by atoms with Crippen LogP contribution < -0.4 is 16.0 Å². The van der Waals surface area contributed by atoms with Gasteiger partial charge in [0.1, 0.15) is 0 Å². The highest BCUT2D eigenvalue weighted by Gasteiger charge is 2.22. The van der Waals surface area contributed by atoms with Crippen LogP contribution in [0.25, 0.3) is 0 Å². The van der Waals surface area contributed by atoms with Crippen molar-refractivity contribution in [2.75, 3.05) is 25.0 Å². The largest absolute Gasteiger partial charge is 0.352 e. The van der Waals surface area contributed by atoms with Gasteiger partial charge in [-0.3, -0.25) is 9.59 Å². The molecule has 2 unspecified atom stereocenters. The molecule has 5 nitrogen and oxygen atoms in total. The van der Waals surface area contributed by atoms with Gasteiger partial charge in [0.25, 0.3) is 5.91 Å². The molecule has 3 N–H and O–H groups in total. The van der Waals surface area contributed by atoms with Crippen LogP contribution in [0.5, 0.6) is 0 Å². The maximum atomic E-state index is 12.3. The van der Waals surface area contributed by atoms with Crippen LogP contribution in [-0.4, -0.2) is 31.4 Å². The van der Waals surface area contributed by atoms with Gasteiger partial charge in [0.2, 0.25) is 5.91 Å². The summed E-state index contributed by atoms with van der Waals surface area (Å²) in [5, 5.41) is 9.30. The standard InChI is InChI=1S/C24H31N3O2/c1-18(21-8-5-14-25-17-21)16-23(28)27-22-11-9-20(10-12-22)24(29)26-15-13-19-6-3-2-4-7-19/h2-4,6-7,9-12,18,21,25H,5,8,13-17H2,1H3,(H,26,29)(H,27,28). The molecule has 154 valence electrons. The van der Waals surface area contributed by atoms with E-state index in [1.165, 1.54) is 18.4 Å². The summed E-state index contributed by atoms with van der Waals surface area (Å²) in [7, 11) is 0. The fourth-order valence-corrected chi connectivity index (χ4v) is 3.81. The molecule has 2 amide bonds. The summed E-state index contributed by atoms with van der Waals surface area (Å²) in [6, 6.07) is 17.2. The highest BCUT2D eigenvalue weighted by molar-refractivity contribution is 5.95. The number of carbonyl (C=O) groups excluding carboxylic acids is 2. The van der Waals surface area contributed by atoms with Crippen LogP contribution in [0.3, 0.4) is 0 Å². The van der Waals surface area contributed by atoms with Gasteiger partial charge in [-0.15, -0.1) is 0 Å². The molecule has 1 aliphatic heterocycles. The van der Waals surface area contributed by atoms with E-state index < -0.39 is 0 Å². The molecule has 1 aliphatic rings. The third-order valence-corrected chi connectivity index (χ3v) is 5.62. The first-order valence-electron chi connectivity index (χ1n) is 10.5. The number of nitrogens with one attached hydrogen (secondary N) is 3. The SMILES string of the molecule is CC(CC(=O)Nc1ccc(C(=O)NCCc2ccccc2)cc1)C1CCCNC1. The number of anilines is 1. The molecule has 0 radical (unpaired) electrons. The molecular weight excluding hydrogens is 362 g/mol. The number of carbonyl (C=O) groups is 2. The van der Waals surface area contributed by atoms with E-state index in [2.05, 4.69) is 35.0 Å².